The van der Waals surface area contributed by atoms with Crippen molar-refractivity contribution in [3.63, 3.8) is 0 Å². The molecular weight excluding hydrogens is 302 g/mol. The van der Waals surface area contributed by atoms with Crippen molar-refractivity contribution in [3.8, 4) is 0 Å². The second kappa shape index (κ2) is 7.32. The molecule has 5 nitrogen and oxygen atoms in total. The maximum absolute atomic E-state index is 13.2. The van der Waals surface area contributed by atoms with E-state index < -0.39 is 0 Å². The van der Waals surface area contributed by atoms with E-state index in [-0.39, 0.29) is 29.8 Å². The van der Waals surface area contributed by atoms with Gasteiger partial charge in [0.05, 0.1) is 12.0 Å². The van der Waals surface area contributed by atoms with Gasteiger partial charge >= 0.3 is 0 Å². The normalized spacial score (nSPS) is 25.2. The second-order valence-electron chi connectivity index (χ2n) is 7.22. The van der Waals surface area contributed by atoms with E-state index in [1.54, 1.807) is 12.4 Å². The first kappa shape index (κ1) is 16.9. The lowest BCUT2D eigenvalue weighted by Crippen LogP contribution is -2.40. The van der Waals surface area contributed by atoms with Crippen LogP contribution in [-0.4, -0.2) is 45.7 Å². The molecule has 2 aliphatic heterocycles. The van der Waals surface area contributed by atoms with Crippen molar-refractivity contribution < 1.29 is 9.59 Å². The number of likely N-dealkylation sites (tertiary alicyclic amines) is 2. The molecule has 1 aromatic rings. The number of carbonyl (C=O) groups is 2. The SMILES string of the molecule is CC(C)N1C[C@H](C(=O)N2CCCCC[C@H]2c2ccncc2)CC1=O. The fraction of sp³-hybridized carbons (Fsp3) is 0.632. The molecular formula is C19H27N3O2. The number of rotatable bonds is 3. The van der Waals surface area contributed by atoms with Crippen molar-refractivity contribution in [2.75, 3.05) is 13.1 Å². The van der Waals surface area contributed by atoms with Crippen molar-refractivity contribution in [1.29, 1.82) is 0 Å². The van der Waals surface area contributed by atoms with Gasteiger partial charge in [-0.25, -0.2) is 0 Å². The summed E-state index contributed by atoms with van der Waals surface area (Å²) >= 11 is 0. The summed E-state index contributed by atoms with van der Waals surface area (Å²) in [5.41, 5.74) is 1.16. The molecule has 2 amide bonds. The Bertz CT molecular complexity index is 588. The summed E-state index contributed by atoms with van der Waals surface area (Å²) < 4.78 is 0. The zero-order chi connectivity index (χ0) is 17.1. The molecule has 0 spiro atoms. The van der Waals surface area contributed by atoms with Crippen molar-refractivity contribution in [2.24, 2.45) is 5.92 Å². The lowest BCUT2D eigenvalue weighted by molar-refractivity contribution is -0.138. The number of nitrogens with zero attached hydrogens (tertiary/aromatic N) is 3. The van der Waals surface area contributed by atoms with Crippen LogP contribution in [0, 0.1) is 5.92 Å². The molecule has 0 aromatic carbocycles. The molecule has 0 aliphatic carbocycles. The average molecular weight is 329 g/mol. The summed E-state index contributed by atoms with van der Waals surface area (Å²) in [5, 5.41) is 0. The lowest BCUT2D eigenvalue weighted by Gasteiger charge is -2.32. The van der Waals surface area contributed by atoms with Crippen molar-refractivity contribution in [1.82, 2.24) is 14.8 Å². The van der Waals surface area contributed by atoms with Crippen LogP contribution in [0.25, 0.3) is 0 Å². The fourth-order valence-corrected chi connectivity index (χ4v) is 3.93. The van der Waals surface area contributed by atoms with Crippen LogP contribution in [0.4, 0.5) is 0 Å². The highest BCUT2D eigenvalue weighted by atomic mass is 16.2. The van der Waals surface area contributed by atoms with E-state index >= 15 is 0 Å². The summed E-state index contributed by atoms with van der Waals surface area (Å²) in [5.74, 6) is 0.0659. The molecule has 2 aliphatic rings. The predicted octanol–water partition coefficient (Wildman–Crippen LogP) is 2.78. The van der Waals surface area contributed by atoms with E-state index in [1.165, 1.54) is 0 Å². The van der Waals surface area contributed by atoms with Crippen molar-refractivity contribution >= 4 is 11.8 Å². The molecule has 0 unspecified atom stereocenters. The van der Waals surface area contributed by atoms with Crippen LogP contribution < -0.4 is 0 Å². The van der Waals surface area contributed by atoms with Gasteiger partial charge < -0.3 is 9.80 Å². The van der Waals surface area contributed by atoms with Crippen LogP contribution in [0.3, 0.4) is 0 Å². The molecule has 3 heterocycles. The molecule has 0 bridgehead atoms. The molecule has 0 N–H and O–H groups in total. The Labute approximate surface area is 144 Å². The smallest absolute Gasteiger partial charge is 0.228 e. The van der Waals surface area contributed by atoms with Gasteiger partial charge in [-0.3, -0.25) is 14.6 Å². The molecule has 130 valence electrons. The van der Waals surface area contributed by atoms with Crippen LogP contribution >= 0.6 is 0 Å². The Kier molecular flexibility index (Phi) is 5.17. The van der Waals surface area contributed by atoms with Crippen LogP contribution in [0.5, 0.6) is 0 Å². The number of aromatic nitrogens is 1. The third kappa shape index (κ3) is 3.45. The molecule has 2 saturated heterocycles. The van der Waals surface area contributed by atoms with E-state index in [4.69, 9.17) is 0 Å². The second-order valence-corrected chi connectivity index (χ2v) is 7.22. The largest absolute Gasteiger partial charge is 0.339 e. The number of pyridine rings is 1. The van der Waals surface area contributed by atoms with Gasteiger partial charge in [-0.2, -0.15) is 0 Å². The van der Waals surface area contributed by atoms with Gasteiger partial charge in [0.1, 0.15) is 0 Å². The lowest BCUT2D eigenvalue weighted by atomic mass is 9.99. The third-order valence-corrected chi connectivity index (χ3v) is 5.26. The molecule has 0 radical (unpaired) electrons. The Morgan fingerprint density at radius 3 is 2.62 bits per heavy atom. The van der Waals surface area contributed by atoms with Gasteiger partial charge in [0.2, 0.25) is 11.8 Å². The van der Waals surface area contributed by atoms with Gasteiger partial charge in [0, 0.05) is 37.9 Å². The van der Waals surface area contributed by atoms with Crippen molar-refractivity contribution in [2.45, 2.75) is 58.0 Å². The third-order valence-electron chi connectivity index (χ3n) is 5.26. The average Bonchev–Trinajstić information content (AvgIpc) is 2.82. The summed E-state index contributed by atoms with van der Waals surface area (Å²) in [7, 11) is 0. The highest BCUT2D eigenvalue weighted by Gasteiger charge is 2.39. The van der Waals surface area contributed by atoms with Crippen LogP contribution in [-0.2, 0) is 9.59 Å². The summed E-state index contributed by atoms with van der Waals surface area (Å²) in [6, 6.07) is 4.30. The number of carbonyl (C=O) groups excluding carboxylic acids is 2. The highest BCUT2D eigenvalue weighted by molar-refractivity contribution is 5.89. The zero-order valence-corrected chi connectivity index (χ0v) is 14.6. The summed E-state index contributed by atoms with van der Waals surface area (Å²) in [4.78, 5) is 33.3. The molecule has 3 rings (SSSR count). The first-order valence-corrected chi connectivity index (χ1v) is 9.08. The minimum Gasteiger partial charge on any atom is -0.339 e. The van der Waals surface area contributed by atoms with Gasteiger partial charge in [-0.05, 0) is 44.4 Å². The van der Waals surface area contributed by atoms with Crippen molar-refractivity contribution in [3.05, 3.63) is 30.1 Å². The number of amides is 2. The Morgan fingerprint density at radius 2 is 1.96 bits per heavy atom. The minimum absolute atomic E-state index is 0.110. The maximum Gasteiger partial charge on any atom is 0.228 e. The van der Waals surface area contributed by atoms with E-state index in [0.29, 0.717) is 13.0 Å². The molecule has 2 fully saturated rings. The standard InChI is InChI=1S/C19H27N3O2/c1-14(2)22-13-16(12-18(22)23)19(24)21-11-5-3-4-6-17(21)15-7-9-20-10-8-15/h7-10,14,16-17H,3-6,11-13H2,1-2H3/t16-,17+/m1/s1. The molecule has 5 heteroatoms. The monoisotopic (exact) mass is 329 g/mol. The van der Waals surface area contributed by atoms with Gasteiger partial charge in [-0.15, -0.1) is 0 Å². The zero-order valence-electron chi connectivity index (χ0n) is 14.6. The molecule has 0 saturated carbocycles. The predicted molar refractivity (Wildman–Crippen MR) is 92.1 cm³/mol. The Balaban J connectivity index is 1.79. The van der Waals surface area contributed by atoms with Crippen LogP contribution in [0.15, 0.2) is 24.5 Å². The minimum atomic E-state index is -0.192. The Morgan fingerprint density at radius 1 is 1.21 bits per heavy atom. The molecule has 24 heavy (non-hydrogen) atoms. The summed E-state index contributed by atoms with van der Waals surface area (Å²) in [6.07, 6.45) is 8.28. The first-order chi connectivity index (χ1) is 11.6. The van der Waals surface area contributed by atoms with Crippen LogP contribution in [0.1, 0.15) is 57.6 Å². The summed E-state index contributed by atoms with van der Waals surface area (Å²) in [6.45, 7) is 5.38. The number of hydrogen-bond acceptors (Lipinski definition) is 3. The topological polar surface area (TPSA) is 53.5 Å². The quantitative estimate of drug-likeness (QED) is 0.857. The van der Waals surface area contributed by atoms with E-state index in [2.05, 4.69) is 4.98 Å². The first-order valence-electron chi connectivity index (χ1n) is 9.08. The fourth-order valence-electron chi connectivity index (χ4n) is 3.93. The van der Waals surface area contributed by atoms with Gasteiger partial charge in [0.15, 0.2) is 0 Å². The van der Waals surface area contributed by atoms with Gasteiger partial charge in [0.25, 0.3) is 0 Å². The maximum atomic E-state index is 13.2. The molecule has 2 atom stereocenters. The Hall–Kier alpha value is -1.91. The molecule has 1 aromatic heterocycles. The van der Waals surface area contributed by atoms with E-state index in [0.717, 1.165) is 37.8 Å². The number of hydrogen-bond donors (Lipinski definition) is 0. The van der Waals surface area contributed by atoms with Crippen LogP contribution in [0.2, 0.25) is 0 Å². The van der Waals surface area contributed by atoms with E-state index in [1.807, 2.05) is 35.8 Å². The highest BCUT2D eigenvalue weighted by Crippen LogP contribution is 2.33. The van der Waals surface area contributed by atoms with E-state index in [9.17, 15) is 9.59 Å². The van der Waals surface area contributed by atoms with Gasteiger partial charge in [-0.1, -0.05) is 12.8 Å².